The molecule has 0 saturated carbocycles. The minimum Gasteiger partial charge on any atom is -0.493 e. The van der Waals surface area contributed by atoms with Gasteiger partial charge in [0.2, 0.25) is 5.72 Å². The van der Waals surface area contributed by atoms with Gasteiger partial charge in [0.1, 0.15) is 12.5 Å². The summed E-state index contributed by atoms with van der Waals surface area (Å²) in [6.45, 7) is 7.63. The van der Waals surface area contributed by atoms with Crippen LogP contribution in [0, 0.1) is 12.8 Å². The van der Waals surface area contributed by atoms with Crippen LogP contribution in [-0.2, 0) is 9.53 Å². The van der Waals surface area contributed by atoms with Crippen LogP contribution in [-0.4, -0.2) is 30.5 Å². The first-order valence-corrected chi connectivity index (χ1v) is 10.1. The molecular formula is C23H24N2O4S. The number of rotatable bonds is 5. The molecule has 2 bridgehead atoms. The minimum atomic E-state index is -1.12. The van der Waals surface area contributed by atoms with Crippen molar-refractivity contribution in [1.29, 1.82) is 0 Å². The van der Waals surface area contributed by atoms with Crippen molar-refractivity contribution in [3.05, 3.63) is 66.2 Å². The van der Waals surface area contributed by atoms with Crippen LogP contribution in [0.5, 0.6) is 11.5 Å². The molecule has 0 aliphatic carbocycles. The summed E-state index contributed by atoms with van der Waals surface area (Å²) in [7, 11) is 1.60. The summed E-state index contributed by atoms with van der Waals surface area (Å²) >= 11 is 5.73. The number of hydrogen-bond acceptors (Lipinski definition) is 5. The molecule has 0 unspecified atom stereocenters. The van der Waals surface area contributed by atoms with Crippen molar-refractivity contribution < 1.29 is 19.0 Å². The summed E-state index contributed by atoms with van der Waals surface area (Å²) < 4.78 is 17.6. The predicted octanol–water partition coefficient (Wildman–Crippen LogP) is 3.89. The van der Waals surface area contributed by atoms with Crippen molar-refractivity contribution in [2.45, 2.75) is 25.6 Å². The molecule has 2 aromatic rings. The Morgan fingerprint density at radius 1 is 1.37 bits per heavy atom. The number of anilines is 1. The Morgan fingerprint density at radius 2 is 2.13 bits per heavy atom. The predicted molar refractivity (Wildman–Crippen MR) is 119 cm³/mol. The molecule has 0 spiro atoms. The summed E-state index contributed by atoms with van der Waals surface area (Å²) in [5, 5.41) is 3.83. The van der Waals surface area contributed by atoms with Gasteiger partial charge in [0.05, 0.1) is 13.2 Å². The van der Waals surface area contributed by atoms with E-state index in [-0.39, 0.29) is 12.6 Å². The molecule has 4 rings (SSSR count). The molecule has 0 aromatic heterocycles. The van der Waals surface area contributed by atoms with E-state index in [1.54, 1.807) is 13.2 Å². The second-order valence-electron chi connectivity index (χ2n) is 7.53. The summed E-state index contributed by atoms with van der Waals surface area (Å²) in [5.74, 6) is 0.126. The number of ether oxygens (including phenoxy) is 3. The first kappa shape index (κ1) is 20.2. The highest BCUT2D eigenvalue weighted by Gasteiger charge is 2.60. The molecule has 0 amide bonds. The lowest BCUT2D eigenvalue weighted by atomic mass is 9.79. The highest BCUT2D eigenvalue weighted by Crippen LogP contribution is 2.52. The van der Waals surface area contributed by atoms with Crippen LogP contribution in [0.4, 0.5) is 5.69 Å². The van der Waals surface area contributed by atoms with Gasteiger partial charge < -0.3 is 19.5 Å². The average Bonchev–Trinajstić information content (AvgIpc) is 2.71. The van der Waals surface area contributed by atoms with Gasteiger partial charge in [0.25, 0.3) is 0 Å². The molecule has 2 aliphatic rings. The number of carbonyl (C=O) groups is 1. The SMILES string of the molecule is C=CCOC(=O)[C@@H]1[C@H]2NC(=S)N(c3cccc(C)c3)[C@]1(C)Oc1c(OC)cccc12. The number of para-hydroxylation sites is 1. The molecule has 1 saturated heterocycles. The molecule has 3 atom stereocenters. The third-order valence-electron chi connectivity index (χ3n) is 5.57. The van der Waals surface area contributed by atoms with Gasteiger partial charge in [-0.25, -0.2) is 0 Å². The van der Waals surface area contributed by atoms with E-state index in [1.165, 1.54) is 0 Å². The first-order chi connectivity index (χ1) is 14.4. The zero-order chi connectivity index (χ0) is 21.5. The third-order valence-corrected chi connectivity index (χ3v) is 5.87. The van der Waals surface area contributed by atoms with Gasteiger partial charge >= 0.3 is 5.97 Å². The number of methoxy groups -OCH3 is 1. The van der Waals surface area contributed by atoms with Gasteiger partial charge in [0.15, 0.2) is 16.6 Å². The first-order valence-electron chi connectivity index (χ1n) is 9.71. The number of benzene rings is 2. The number of nitrogens with zero attached hydrogens (tertiary/aromatic N) is 1. The van der Waals surface area contributed by atoms with E-state index in [9.17, 15) is 4.79 Å². The maximum absolute atomic E-state index is 13.2. The van der Waals surface area contributed by atoms with E-state index in [0.29, 0.717) is 16.6 Å². The summed E-state index contributed by atoms with van der Waals surface area (Å²) in [5.41, 5.74) is 1.58. The molecule has 2 aromatic carbocycles. The fourth-order valence-corrected chi connectivity index (χ4v) is 4.69. The third kappa shape index (κ3) is 3.10. The summed E-state index contributed by atoms with van der Waals surface area (Å²) in [6.07, 6.45) is 1.55. The average molecular weight is 425 g/mol. The lowest BCUT2D eigenvalue weighted by Crippen LogP contribution is -2.71. The molecule has 156 valence electrons. The monoisotopic (exact) mass is 424 g/mol. The number of thiocarbonyl (C=S) groups is 1. The Balaban J connectivity index is 1.90. The number of nitrogens with one attached hydrogen (secondary N) is 1. The zero-order valence-corrected chi connectivity index (χ0v) is 18.0. The minimum absolute atomic E-state index is 0.123. The van der Waals surface area contributed by atoms with E-state index >= 15 is 0 Å². The van der Waals surface area contributed by atoms with Crippen molar-refractivity contribution in [2.75, 3.05) is 18.6 Å². The number of carbonyl (C=O) groups excluding carboxylic acids is 1. The molecule has 2 heterocycles. The van der Waals surface area contributed by atoms with E-state index in [2.05, 4.69) is 11.9 Å². The maximum Gasteiger partial charge on any atom is 0.317 e. The zero-order valence-electron chi connectivity index (χ0n) is 17.2. The number of aryl methyl sites for hydroxylation is 1. The maximum atomic E-state index is 13.2. The highest BCUT2D eigenvalue weighted by atomic mass is 32.1. The van der Waals surface area contributed by atoms with Crippen molar-refractivity contribution in [3.63, 3.8) is 0 Å². The summed E-state index contributed by atoms with van der Waals surface area (Å²) in [6, 6.07) is 13.1. The smallest absolute Gasteiger partial charge is 0.317 e. The van der Waals surface area contributed by atoms with E-state index < -0.39 is 17.7 Å². The van der Waals surface area contributed by atoms with Crippen LogP contribution >= 0.6 is 12.2 Å². The largest absolute Gasteiger partial charge is 0.493 e. The highest BCUT2D eigenvalue weighted by molar-refractivity contribution is 7.80. The van der Waals surface area contributed by atoms with Crippen LogP contribution in [0.2, 0.25) is 0 Å². The van der Waals surface area contributed by atoms with Gasteiger partial charge in [-0.15, -0.1) is 0 Å². The summed E-state index contributed by atoms with van der Waals surface area (Å²) in [4.78, 5) is 15.0. The van der Waals surface area contributed by atoms with E-state index in [4.69, 9.17) is 26.4 Å². The van der Waals surface area contributed by atoms with Gasteiger partial charge in [-0.05, 0) is 49.8 Å². The quantitative estimate of drug-likeness (QED) is 0.444. The number of esters is 1. The van der Waals surface area contributed by atoms with Gasteiger partial charge in [-0.2, -0.15) is 0 Å². The molecule has 2 aliphatic heterocycles. The fraction of sp³-hybridized carbons (Fsp3) is 0.304. The Hall–Kier alpha value is -3.06. The lowest BCUT2D eigenvalue weighted by molar-refractivity contribution is -0.159. The second kappa shape index (κ2) is 7.65. The van der Waals surface area contributed by atoms with Crippen LogP contribution < -0.4 is 19.7 Å². The van der Waals surface area contributed by atoms with Crippen LogP contribution in [0.1, 0.15) is 24.1 Å². The van der Waals surface area contributed by atoms with Crippen molar-refractivity contribution in [2.24, 2.45) is 5.92 Å². The van der Waals surface area contributed by atoms with Crippen molar-refractivity contribution in [3.8, 4) is 11.5 Å². The Bertz CT molecular complexity index is 1020. The van der Waals surface area contributed by atoms with Gasteiger partial charge in [-0.3, -0.25) is 9.69 Å². The second-order valence-corrected chi connectivity index (χ2v) is 7.92. The van der Waals surface area contributed by atoms with E-state index in [1.807, 2.05) is 61.2 Å². The molecule has 30 heavy (non-hydrogen) atoms. The normalized spacial score (nSPS) is 24.2. The molecule has 6 nitrogen and oxygen atoms in total. The molecule has 7 heteroatoms. The van der Waals surface area contributed by atoms with Gasteiger partial charge in [0, 0.05) is 11.3 Å². The molecule has 1 fully saturated rings. The van der Waals surface area contributed by atoms with Gasteiger partial charge in [-0.1, -0.05) is 36.9 Å². The van der Waals surface area contributed by atoms with Crippen LogP contribution in [0.3, 0.4) is 0 Å². The number of hydrogen-bond donors (Lipinski definition) is 1. The number of fused-ring (bicyclic) bond motifs is 4. The lowest BCUT2D eigenvalue weighted by Gasteiger charge is -2.55. The topological polar surface area (TPSA) is 60.0 Å². The Morgan fingerprint density at radius 3 is 2.83 bits per heavy atom. The standard InChI is InChI=1S/C23H24N2O4S/c1-5-12-28-21(26)18-19-16-10-7-11-17(27-4)20(16)29-23(18,3)25(22(30)24-19)15-9-6-8-14(2)13-15/h5-11,13,18-19H,1,12H2,2-4H3,(H,24,30)/t18-,19-,23+/m0/s1. The Labute approximate surface area is 181 Å². The van der Waals surface area contributed by atoms with Crippen LogP contribution in [0.25, 0.3) is 0 Å². The van der Waals surface area contributed by atoms with E-state index in [0.717, 1.165) is 16.8 Å². The fourth-order valence-electron chi connectivity index (χ4n) is 4.28. The molecule has 0 radical (unpaired) electrons. The van der Waals surface area contributed by atoms with Crippen LogP contribution in [0.15, 0.2) is 55.1 Å². The molecule has 1 N–H and O–H groups in total. The molecular weight excluding hydrogens is 400 g/mol. The van der Waals surface area contributed by atoms with Crippen molar-refractivity contribution in [1.82, 2.24) is 5.32 Å². The van der Waals surface area contributed by atoms with Crippen molar-refractivity contribution >= 4 is 29.0 Å². The Kier molecular flexibility index (Phi) is 5.15.